The van der Waals surface area contributed by atoms with E-state index in [1.807, 2.05) is 32.9 Å². The maximum Gasteiger partial charge on any atom is 0.163 e. The number of hydrogen-bond donors (Lipinski definition) is 2. The summed E-state index contributed by atoms with van der Waals surface area (Å²) in [5, 5.41) is 3.33. The molecular formula is C15H21NO2S. The lowest BCUT2D eigenvalue weighted by Crippen LogP contribution is -2.46. The first-order valence-electron chi connectivity index (χ1n) is 6.70. The average molecular weight is 279 g/mol. The van der Waals surface area contributed by atoms with Gasteiger partial charge in [-0.3, -0.25) is 4.79 Å². The molecule has 1 aromatic carbocycles. The van der Waals surface area contributed by atoms with Crippen LogP contribution in [0.4, 0.5) is 0 Å². The van der Waals surface area contributed by atoms with Gasteiger partial charge < -0.3 is 10.1 Å². The van der Waals surface area contributed by atoms with Gasteiger partial charge in [0.2, 0.25) is 0 Å². The summed E-state index contributed by atoms with van der Waals surface area (Å²) in [5.74, 6) is 0.152. The molecule has 1 aliphatic rings. The molecule has 1 N–H and O–H groups in total. The first kappa shape index (κ1) is 14.6. The van der Waals surface area contributed by atoms with Gasteiger partial charge in [-0.15, -0.1) is 12.6 Å². The fourth-order valence-corrected chi connectivity index (χ4v) is 3.08. The van der Waals surface area contributed by atoms with Gasteiger partial charge in [-0.25, -0.2) is 0 Å². The van der Waals surface area contributed by atoms with Crippen LogP contribution in [0.15, 0.2) is 17.0 Å². The normalized spacial score (nSPS) is 23.4. The number of ether oxygens (including phenoxy) is 1. The Labute approximate surface area is 120 Å². The molecule has 0 aromatic heterocycles. The zero-order valence-corrected chi connectivity index (χ0v) is 12.6. The molecule has 1 heterocycles. The summed E-state index contributed by atoms with van der Waals surface area (Å²) in [7, 11) is 0. The summed E-state index contributed by atoms with van der Waals surface area (Å²) in [6, 6.07) is 3.90. The molecule has 19 heavy (non-hydrogen) atoms. The predicted octanol–water partition coefficient (Wildman–Crippen LogP) is 2.71. The lowest BCUT2D eigenvalue weighted by Gasteiger charge is -2.37. The zero-order chi connectivity index (χ0) is 14.0. The minimum Gasteiger partial charge on any atom is -0.368 e. The van der Waals surface area contributed by atoms with Gasteiger partial charge in [0, 0.05) is 35.5 Å². The molecule has 1 saturated heterocycles. The molecule has 104 valence electrons. The molecule has 1 fully saturated rings. The van der Waals surface area contributed by atoms with E-state index in [1.54, 1.807) is 0 Å². The van der Waals surface area contributed by atoms with Gasteiger partial charge in [-0.05, 0) is 25.5 Å². The van der Waals surface area contributed by atoms with Gasteiger partial charge in [-0.1, -0.05) is 13.0 Å². The maximum absolute atomic E-state index is 12.3. The standard InChI is InChI=1S/C15H21NO2S/c1-4-11(17)13-10(2)5-6-12(19)14(13)15(3)9-16-7-8-18-15/h5-6,16,19H,4,7-9H2,1-3H3. The fraction of sp³-hybridized carbons (Fsp3) is 0.533. The first-order chi connectivity index (χ1) is 8.99. The molecule has 0 bridgehead atoms. The summed E-state index contributed by atoms with van der Waals surface area (Å²) >= 11 is 4.55. The van der Waals surface area contributed by atoms with Crippen molar-refractivity contribution >= 4 is 18.4 Å². The smallest absolute Gasteiger partial charge is 0.163 e. The number of nitrogens with one attached hydrogen (secondary N) is 1. The van der Waals surface area contributed by atoms with Crippen LogP contribution in [0.2, 0.25) is 0 Å². The Hall–Kier alpha value is -0.840. The molecule has 0 radical (unpaired) electrons. The van der Waals surface area contributed by atoms with E-state index in [0.29, 0.717) is 19.6 Å². The average Bonchev–Trinajstić information content (AvgIpc) is 2.40. The van der Waals surface area contributed by atoms with Crippen molar-refractivity contribution in [3.63, 3.8) is 0 Å². The number of carbonyl (C=O) groups excluding carboxylic acids is 1. The Balaban J connectivity index is 2.60. The number of aryl methyl sites for hydroxylation is 1. The van der Waals surface area contributed by atoms with Crippen molar-refractivity contribution in [1.29, 1.82) is 0 Å². The van der Waals surface area contributed by atoms with E-state index in [-0.39, 0.29) is 5.78 Å². The number of benzene rings is 1. The number of thiol groups is 1. The maximum atomic E-state index is 12.3. The summed E-state index contributed by atoms with van der Waals surface area (Å²) in [6.07, 6.45) is 0.495. The second-order valence-corrected chi connectivity index (χ2v) is 5.67. The second kappa shape index (κ2) is 5.65. The molecule has 0 amide bonds. The molecule has 0 spiro atoms. The molecule has 2 rings (SSSR count). The van der Waals surface area contributed by atoms with Crippen molar-refractivity contribution in [3.05, 3.63) is 28.8 Å². The Morgan fingerprint density at radius 1 is 1.53 bits per heavy atom. The number of rotatable bonds is 3. The number of Topliss-reactive ketones (excluding diaryl/α,β-unsaturated/α-hetero) is 1. The van der Waals surface area contributed by atoms with Gasteiger partial charge >= 0.3 is 0 Å². The molecule has 1 unspecified atom stereocenters. The first-order valence-corrected chi connectivity index (χ1v) is 7.15. The molecule has 0 saturated carbocycles. The number of hydrogen-bond acceptors (Lipinski definition) is 4. The van der Waals surface area contributed by atoms with Crippen LogP contribution >= 0.6 is 12.6 Å². The predicted molar refractivity (Wildman–Crippen MR) is 79.2 cm³/mol. The van der Waals surface area contributed by atoms with Crippen molar-refractivity contribution in [2.24, 2.45) is 0 Å². The van der Waals surface area contributed by atoms with Crippen molar-refractivity contribution in [3.8, 4) is 0 Å². The van der Waals surface area contributed by atoms with E-state index in [0.717, 1.165) is 28.1 Å². The minimum absolute atomic E-state index is 0.152. The third-order valence-electron chi connectivity index (χ3n) is 3.68. The largest absolute Gasteiger partial charge is 0.368 e. The highest BCUT2D eigenvalue weighted by Gasteiger charge is 2.35. The topological polar surface area (TPSA) is 38.3 Å². The molecular weight excluding hydrogens is 258 g/mol. The molecule has 3 nitrogen and oxygen atoms in total. The molecule has 1 aliphatic heterocycles. The van der Waals surface area contributed by atoms with Crippen LogP contribution in [0.25, 0.3) is 0 Å². The van der Waals surface area contributed by atoms with Gasteiger partial charge in [0.1, 0.15) is 5.60 Å². The third kappa shape index (κ3) is 2.71. The van der Waals surface area contributed by atoms with Crippen LogP contribution in [0, 0.1) is 6.92 Å². The van der Waals surface area contributed by atoms with Gasteiger partial charge in [0.05, 0.1) is 6.61 Å². The van der Waals surface area contributed by atoms with Crippen LogP contribution < -0.4 is 5.32 Å². The Morgan fingerprint density at radius 2 is 2.26 bits per heavy atom. The summed E-state index contributed by atoms with van der Waals surface area (Å²) < 4.78 is 5.96. The zero-order valence-electron chi connectivity index (χ0n) is 11.7. The van der Waals surface area contributed by atoms with E-state index in [9.17, 15) is 4.79 Å². The fourth-order valence-electron chi connectivity index (χ4n) is 2.65. The van der Waals surface area contributed by atoms with E-state index in [2.05, 4.69) is 17.9 Å². The monoisotopic (exact) mass is 279 g/mol. The highest BCUT2D eigenvalue weighted by atomic mass is 32.1. The van der Waals surface area contributed by atoms with Crippen molar-refractivity contribution in [2.45, 2.75) is 37.7 Å². The van der Waals surface area contributed by atoms with E-state index < -0.39 is 5.60 Å². The van der Waals surface area contributed by atoms with Crippen molar-refractivity contribution < 1.29 is 9.53 Å². The van der Waals surface area contributed by atoms with Crippen LogP contribution in [0.1, 0.15) is 41.8 Å². The van der Waals surface area contributed by atoms with Crippen LogP contribution in [-0.4, -0.2) is 25.5 Å². The number of morpholine rings is 1. The summed E-state index contributed by atoms with van der Waals surface area (Å²) in [4.78, 5) is 13.1. The van der Waals surface area contributed by atoms with Crippen molar-refractivity contribution in [2.75, 3.05) is 19.7 Å². The van der Waals surface area contributed by atoms with Crippen molar-refractivity contribution in [1.82, 2.24) is 5.32 Å². The lowest BCUT2D eigenvalue weighted by molar-refractivity contribution is -0.0593. The molecule has 0 aliphatic carbocycles. The van der Waals surface area contributed by atoms with E-state index in [4.69, 9.17) is 4.74 Å². The van der Waals surface area contributed by atoms with Crippen LogP contribution in [0.3, 0.4) is 0 Å². The number of carbonyl (C=O) groups is 1. The minimum atomic E-state index is -0.485. The summed E-state index contributed by atoms with van der Waals surface area (Å²) in [6.45, 7) is 8.09. The highest BCUT2D eigenvalue weighted by molar-refractivity contribution is 7.80. The molecule has 1 atom stereocenters. The van der Waals surface area contributed by atoms with Gasteiger partial charge in [0.15, 0.2) is 5.78 Å². The number of ketones is 1. The van der Waals surface area contributed by atoms with Gasteiger partial charge in [-0.2, -0.15) is 0 Å². The highest BCUT2D eigenvalue weighted by Crippen LogP contribution is 2.36. The van der Waals surface area contributed by atoms with Gasteiger partial charge in [0.25, 0.3) is 0 Å². The third-order valence-corrected chi connectivity index (χ3v) is 4.05. The Kier molecular flexibility index (Phi) is 4.33. The Morgan fingerprint density at radius 3 is 2.84 bits per heavy atom. The lowest BCUT2D eigenvalue weighted by atomic mass is 9.85. The molecule has 1 aromatic rings. The van der Waals surface area contributed by atoms with Crippen LogP contribution in [-0.2, 0) is 10.3 Å². The quantitative estimate of drug-likeness (QED) is 0.660. The van der Waals surface area contributed by atoms with E-state index >= 15 is 0 Å². The molecule has 4 heteroatoms. The summed E-state index contributed by atoms with van der Waals surface area (Å²) in [5.41, 5.74) is 2.22. The second-order valence-electron chi connectivity index (χ2n) is 5.18. The van der Waals surface area contributed by atoms with E-state index in [1.165, 1.54) is 0 Å². The SMILES string of the molecule is CCC(=O)c1c(C)ccc(S)c1C1(C)CNCCO1. The Bertz CT molecular complexity index is 493. The van der Waals surface area contributed by atoms with Crippen LogP contribution in [0.5, 0.6) is 0 Å².